The van der Waals surface area contributed by atoms with E-state index in [4.69, 9.17) is 4.74 Å². The fraction of sp³-hybridized carbons (Fsp3) is 0.571. The van der Waals surface area contributed by atoms with E-state index >= 15 is 0 Å². The van der Waals surface area contributed by atoms with Crippen molar-refractivity contribution in [3.63, 3.8) is 0 Å². The van der Waals surface area contributed by atoms with Crippen molar-refractivity contribution >= 4 is 0 Å². The topological polar surface area (TPSA) is 52.9 Å². The molecule has 2 unspecified atom stereocenters. The van der Waals surface area contributed by atoms with Crippen LogP contribution in [0.4, 0.5) is 0 Å². The summed E-state index contributed by atoms with van der Waals surface area (Å²) in [6.45, 7) is 5.49. The number of aliphatic hydroxyl groups excluding tert-OH is 1. The summed E-state index contributed by atoms with van der Waals surface area (Å²) in [5.41, 5.74) is 0.930. The minimum Gasteiger partial charge on any atom is -0.508 e. The van der Waals surface area contributed by atoms with Gasteiger partial charge in [-0.25, -0.2) is 0 Å². The second-order valence-electron chi connectivity index (χ2n) is 4.74. The number of rotatable bonds is 4. The zero-order valence-electron chi connectivity index (χ0n) is 10.7. The second-order valence-corrected chi connectivity index (χ2v) is 4.74. The molecule has 1 saturated heterocycles. The van der Waals surface area contributed by atoms with Crippen LogP contribution in [0.3, 0.4) is 0 Å². The van der Waals surface area contributed by atoms with Crippen LogP contribution < -0.4 is 0 Å². The predicted octanol–water partition coefficient (Wildman–Crippen LogP) is 1.02. The zero-order valence-corrected chi connectivity index (χ0v) is 10.7. The normalized spacial score (nSPS) is 22.9. The van der Waals surface area contributed by atoms with Gasteiger partial charge in [-0.15, -0.1) is 0 Å². The third-order valence-electron chi connectivity index (χ3n) is 3.41. The molecule has 0 radical (unpaired) electrons. The first-order chi connectivity index (χ1) is 8.69. The third kappa shape index (κ3) is 3.45. The van der Waals surface area contributed by atoms with Crippen LogP contribution in [0.2, 0.25) is 0 Å². The van der Waals surface area contributed by atoms with Crippen molar-refractivity contribution in [3.05, 3.63) is 29.8 Å². The molecule has 4 nitrogen and oxygen atoms in total. The fourth-order valence-electron chi connectivity index (χ4n) is 2.31. The summed E-state index contributed by atoms with van der Waals surface area (Å²) < 4.78 is 5.62. The Kier molecular flexibility index (Phi) is 4.58. The summed E-state index contributed by atoms with van der Waals surface area (Å²) >= 11 is 0. The molecule has 18 heavy (non-hydrogen) atoms. The van der Waals surface area contributed by atoms with E-state index < -0.39 is 6.10 Å². The number of aromatic hydroxyl groups is 1. The monoisotopic (exact) mass is 251 g/mol. The number of ether oxygens (including phenoxy) is 1. The van der Waals surface area contributed by atoms with Crippen LogP contribution in [-0.2, 0) is 11.2 Å². The first-order valence-electron chi connectivity index (χ1n) is 6.49. The molecule has 0 aliphatic carbocycles. The number of phenolic OH excluding ortho intramolecular Hbond substituents is 1. The van der Waals surface area contributed by atoms with Crippen molar-refractivity contribution in [2.75, 3.05) is 26.2 Å². The summed E-state index contributed by atoms with van der Waals surface area (Å²) in [5, 5.41) is 19.6. The van der Waals surface area contributed by atoms with E-state index in [-0.39, 0.29) is 11.9 Å². The zero-order chi connectivity index (χ0) is 13.0. The molecule has 2 atom stereocenters. The van der Waals surface area contributed by atoms with Gasteiger partial charge in [0.25, 0.3) is 0 Å². The molecular weight excluding hydrogens is 230 g/mol. The van der Waals surface area contributed by atoms with Crippen LogP contribution in [0, 0.1) is 0 Å². The Bertz CT molecular complexity index is 383. The highest BCUT2D eigenvalue weighted by molar-refractivity contribution is 5.27. The van der Waals surface area contributed by atoms with Crippen LogP contribution in [0.1, 0.15) is 12.5 Å². The summed E-state index contributed by atoms with van der Waals surface area (Å²) in [6, 6.07) is 7.01. The summed E-state index contributed by atoms with van der Waals surface area (Å²) in [5.74, 6) is 0.236. The molecule has 1 fully saturated rings. The maximum Gasteiger partial charge on any atom is 0.115 e. The number of likely N-dealkylation sites (N-methyl/N-ethyl adjacent to an activating group) is 1. The minimum absolute atomic E-state index is 0.138. The van der Waals surface area contributed by atoms with E-state index in [1.165, 1.54) is 0 Å². The molecule has 1 aliphatic heterocycles. The largest absolute Gasteiger partial charge is 0.508 e. The number of phenols is 1. The van der Waals surface area contributed by atoms with Gasteiger partial charge < -0.3 is 14.9 Å². The molecule has 1 aliphatic rings. The third-order valence-corrected chi connectivity index (χ3v) is 3.41. The Hall–Kier alpha value is -1.10. The van der Waals surface area contributed by atoms with Crippen molar-refractivity contribution in [3.8, 4) is 5.75 Å². The van der Waals surface area contributed by atoms with E-state index in [0.29, 0.717) is 13.0 Å². The Morgan fingerprint density at radius 2 is 2.33 bits per heavy atom. The van der Waals surface area contributed by atoms with Crippen LogP contribution in [0.25, 0.3) is 0 Å². The molecule has 1 aromatic rings. The number of benzene rings is 1. The van der Waals surface area contributed by atoms with E-state index in [2.05, 4.69) is 11.8 Å². The van der Waals surface area contributed by atoms with Gasteiger partial charge in [0.15, 0.2) is 0 Å². The molecule has 1 heterocycles. The van der Waals surface area contributed by atoms with Gasteiger partial charge in [0.1, 0.15) is 5.75 Å². The highest BCUT2D eigenvalue weighted by Gasteiger charge is 2.26. The summed E-state index contributed by atoms with van der Waals surface area (Å²) in [7, 11) is 0. The molecule has 0 spiro atoms. The van der Waals surface area contributed by atoms with E-state index in [1.54, 1.807) is 18.2 Å². The highest BCUT2D eigenvalue weighted by Crippen LogP contribution is 2.16. The fourth-order valence-corrected chi connectivity index (χ4v) is 2.31. The van der Waals surface area contributed by atoms with Crippen LogP contribution in [-0.4, -0.2) is 53.6 Å². The standard InChI is InChI=1S/C14H21NO3/c1-2-15-6-7-18-14(10-15)13(17)9-11-4-3-5-12(16)8-11/h3-5,8,13-14,16-17H,2,6-7,9-10H2,1H3. The summed E-state index contributed by atoms with van der Waals surface area (Å²) in [6.07, 6.45) is -0.154. The quantitative estimate of drug-likeness (QED) is 0.839. The maximum absolute atomic E-state index is 10.2. The molecule has 2 rings (SSSR count). The van der Waals surface area contributed by atoms with Gasteiger partial charge in [-0.3, -0.25) is 4.90 Å². The van der Waals surface area contributed by atoms with Crippen LogP contribution in [0.5, 0.6) is 5.75 Å². The molecule has 0 aromatic heterocycles. The number of hydrogen-bond donors (Lipinski definition) is 2. The lowest BCUT2D eigenvalue weighted by Crippen LogP contribution is -2.48. The Labute approximate surface area is 108 Å². The lowest BCUT2D eigenvalue weighted by Gasteiger charge is -2.34. The van der Waals surface area contributed by atoms with Crippen molar-refractivity contribution in [2.24, 2.45) is 0 Å². The van der Waals surface area contributed by atoms with Crippen molar-refractivity contribution < 1.29 is 14.9 Å². The number of hydrogen-bond acceptors (Lipinski definition) is 4. The van der Waals surface area contributed by atoms with E-state index in [0.717, 1.165) is 25.2 Å². The molecule has 2 N–H and O–H groups in total. The molecule has 0 bridgehead atoms. The molecule has 4 heteroatoms. The molecular formula is C14H21NO3. The first-order valence-corrected chi connectivity index (χ1v) is 6.49. The van der Waals surface area contributed by atoms with Gasteiger partial charge in [-0.05, 0) is 24.2 Å². The van der Waals surface area contributed by atoms with Crippen molar-refractivity contribution in [1.29, 1.82) is 0 Å². The lowest BCUT2D eigenvalue weighted by atomic mass is 10.0. The van der Waals surface area contributed by atoms with Crippen molar-refractivity contribution in [1.82, 2.24) is 4.90 Å². The van der Waals surface area contributed by atoms with Gasteiger partial charge in [-0.2, -0.15) is 0 Å². The number of nitrogens with zero attached hydrogens (tertiary/aromatic N) is 1. The smallest absolute Gasteiger partial charge is 0.115 e. The highest BCUT2D eigenvalue weighted by atomic mass is 16.5. The maximum atomic E-state index is 10.2. The predicted molar refractivity (Wildman–Crippen MR) is 69.7 cm³/mol. The second kappa shape index (κ2) is 6.18. The summed E-state index contributed by atoms with van der Waals surface area (Å²) in [4.78, 5) is 2.28. The average Bonchev–Trinajstić information content (AvgIpc) is 2.39. The Morgan fingerprint density at radius 3 is 3.06 bits per heavy atom. The first kappa shape index (κ1) is 13.3. The van der Waals surface area contributed by atoms with Gasteiger partial charge in [-0.1, -0.05) is 19.1 Å². The van der Waals surface area contributed by atoms with Crippen LogP contribution in [0.15, 0.2) is 24.3 Å². The van der Waals surface area contributed by atoms with E-state index in [1.807, 2.05) is 6.07 Å². The minimum atomic E-state index is -0.527. The number of morpholine rings is 1. The van der Waals surface area contributed by atoms with Gasteiger partial charge in [0.2, 0.25) is 0 Å². The van der Waals surface area contributed by atoms with Gasteiger partial charge in [0, 0.05) is 19.5 Å². The van der Waals surface area contributed by atoms with E-state index in [9.17, 15) is 10.2 Å². The molecule has 0 saturated carbocycles. The lowest BCUT2D eigenvalue weighted by molar-refractivity contribution is -0.0867. The molecule has 1 aromatic carbocycles. The Balaban J connectivity index is 1.93. The molecule has 100 valence electrons. The molecule has 0 amide bonds. The number of aliphatic hydroxyl groups is 1. The van der Waals surface area contributed by atoms with Gasteiger partial charge >= 0.3 is 0 Å². The Morgan fingerprint density at radius 1 is 1.50 bits per heavy atom. The van der Waals surface area contributed by atoms with Gasteiger partial charge in [0.05, 0.1) is 18.8 Å². The SMILES string of the molecule is CCN1CCOC(C(O)Cc2cccc(O)c2)C1. The van der Waals surface area contributed by atoms with Crippen LogP contribution >= 0.6 is 0 Å². The average molecular weight is 251 g/mol. The van der Waals surface area contributed by atoms with Crippen molar-refractivity contribution in [2.45, 2.75) is 25.6 Å².